The molecule has 0 spiro atoms. The van der Waals surface area contributed by atoms with Crippen LogP contribution in [0, 0.1) is 0 Å². The maximum Gasteiger partial charge on any atom is 0.0436 e. The smallest absolute Gasteiger partial charge is 0.0436 e. The first-order valence-electron chi connectivity index (χ1n) is 3.69. The summed E-state index contributed by atoms with van der Waals surface area (Å²) in [7, 11) is 0. The molecule has 2 rings (SSSR count). The van der Waals surface area contributed by atoms with Gasteiger partial charge in [-0.2, -0.15) is 0 Å². The normalized spacial score (nSPS) is 21.3. The minimum Gasteiger partial charge on any atom is -0.147 e. The molecule has 0 unspecified atom stereocenters. The first-order valence-corrected chi connectivity index (χ1v) is 8.09. The van der Waals surface area contributed by atoms with Crippen molar-refractivity contribution in [3.63, 3.8) is 0 Å². The van der Waals surface area contributed by atoms with Crippen LogP contribution in [0.15, 0.2) is 23.0 Å². The molecule has 0 aromatic heterocycles. The monoisotopic (exact) mass is 236 g/mol. The molecule has 2 heterocycles. The molecule has 68 valence electrons. The summed E-state index contributed by atoms with van der Waals surface area (Å²) in [6.07, 6.45) is 4.39. The molecule has 0 fully saturated rings. The van der Waals surface area contributed by atoms with Crippen LogP contribution in [0.25, 0.3) is 0 Å². The van der Waals surface area contributed by atoms with Crippen LogP contribution in [0.2, 0.25) is 0 Å². The van der Waals surface area contributed by atoms with E-state index >= 15 is 0 Å². The van der Waals surface area contributed by atoms with Gasteiger partial charge < -0.3 is 0 Å². The Hall–Kier alpha value is 0.880. The van der Waals surface area contributed by atoms with E-state index in [1.54, 1.807) is 0 Å². The van der Waals surface area contributed by atoms with Gasteiger partial charge in [-0.15, -0.1) is 47.0 Å². The molecular formula is C8H12S4. The van der Waals surface area contributed by atoms with Gasteiger partial charge in [-0.05, 0) is 10.8 Å². The molecule has 0 aromatic rings. The molecule has 0 nitrogen and oxygen atoms in total. The van der Waals surface area contributed by atoms with Crippen molar-refractivity contribution in [3.05, 3.63) is 23.0 Å². The summed E-state index contributed by atoms with van der Waals surface area (Å²) in [5, 5.41) is 6.82. The van der Waals surface area contributed by atoms with Gasteiger partial charge in [0.25, 0.3) is 0 Å². The lowest BCUT2D eigenvalue weighted by atomic mass is 10.8. The highest BCUT2D eigenvalue weighted by molar-refractivity contribution is 8.18. The fraction of sp³-hybridized carbons (Fsp3) is 0.500. The zero-order chi connectivity index (χ0) is 8.49. The predicted molar refractivity (Wildman–Crippen MR) is 68.1 cm³/mol. The van der Waals surface area contributed by atoms with Crippen LogP contribution in [0.1, 0.15) is 0 Å². The Balaban J connectivity index is 0.000000120. The second-order valence-corrected chi connectivity index (χ2v) is 6.63. The first-order chi connectivity index (χ1) is 6.00. The van der Waals surface area contributed by atoms with E-state index in [4.69, 9.17) is 0 Å². The van der Waals surface area contributed by atoms with Crippen LogP contribution in [0.4, 0.5) is 0 Å². The van der Waals surface area contributed by atoms with Crippen LogP contribution < -0.4 is 0 Å². The quantitative estimate of drug-likeness (QED) is 0.626. The average Bonchev–Trinajstić information content (AvgIpc) is 2.24. The fourth-order valence-corrected chi connectivity index (χ4v) is 3.96. The standard InChI is InChI=1S/2C4H6S2/c2*1-2-5-4-6-3-1/h2*1-2H,3-4H2. The molecular weight excluding hydrogens is 224 g/mol. The third-order valence-corrected chi connectivity index (χ3v) is 5.16. The third-order valence-electron chi connectivity index (χ3n) is 1.12. The second kappa shape index (κ2) is 8.48. The van der Waals surface area contributed by atoms with Gasteiger partial charge in [0.1, 0.15) is 0 Å². The van der Waals surface area contributed by atoms with E-state index in [2.05, 4.69) is 23.0 Å². The van der Waals surface area contributed by atoms with Crippen LogP contribution in [0.5, 0.6) is 0 Å². The minimum atomic E-state index is 1.22. The Bertz CT molecular complexity index is 119. The van der Waals surface area contributed by atoms with Crippen LogP contribution >= 0.6 is 47.0 Å². The molecule has 0 saturated heterocycles. The summed E-state index contributed by atoms with van der Waals surface area (Å²) in [5.41, 5.74) is 0. The summed E-state index contributed by atoms with van der Waals surface area (Å²) >= 11 is 7.70. The van der Waals surface area contributed by atoms with E-state index in [1.165, 1.54) is 21.7 Å². The number of thioether (sulfide) groups is 4. The van der Waals surface area contributed by atoms with Gasteiger partial charge >= 0.3 is 0 Å². The number of hydrogen-bond acceptors (Lipinski definition) is 4. The maximum absolute atomic E-state index is 2.19. The van der Waals surface area contributed by atoms with E-state index in [9.17, 15) is 0 Å². The van der Waals surface area contributed by atoms with E-state index in [0.29, 0.717) is 0 Å². The third kappa shape index (κ3) is 6.40. The highest BCUT2D eigenvalue weighted by atomic mass is 32.2. The summed E-state index contributed by atoms with van der Waals surface area (Å²) in [5.74, 6) is 2.43. The lowest BCUT2D eigenvalue weighted by Crippen LogP contribution is -1.76. The topological polar surface area (TPSA) is 0 Å². The van der Waals surface area contributed by atoms with Crippen molar-refractivity contribution in [1.29, 1.82) is 0 Å². The van der Waals surface area contributed by atoms with Gasteiger partial charge in [0.15, 0.2) is 0 Å². The van der Waals surface area contributed by atoms with Crippen molar-refractivity contribution in [1.82, 2.24) is 0 Å². The summed E-state index contributed by atoms with van der Waals surface area (Å²) in [6.45, 7) is 0. The van der Waals surface area contributed by atoms with E-state index in [1.807, 2.05) is 47.0 Å². The molecule has 0 radical (unpaired) electrons. The SMILES string of the molecule is C1=CSCSC1.C1=CSCSC1. The minimum absolute atomic E-state index is 1.22. The first kappa shape index (κ1) is 11.0. The van der Waals surface area contributed by atoms with Crippen LogP contribution in [-0.4, -0.2) is 21.7 Å². The van der Waals surface area contributed by atoms with E-state index < -0.39 is 0 Å². The van der Waals surface area contributed by atoms with Crippen LogP contribution in [-0.2, 0) is 0 Å². The zero-order valence-corrected chi connectivity index (χ0v) is 10.0. The Morgan fingerprint density at radius 2 is 1.25 bits per heavy atom. The van der Waals surface area contributed by atoms with E-state index in [-0.39, 0.29) is 0 Å². The molecule has 2 aliphatic rings. The number of rotatable bonds is 0. The Morgan fingerprint density at radius 3 is 1.33 bits per heavy atom. The van der Waals surface area contributed by atoms with Crippen molar-refractivity contribution < 1.29 is 0 Å². The van der Waals surface area contributed by atoms with Crippen molar-refractivity contribution in [2.75, 3.05) is 21.7 Å². The molecule has 0 amide bonds. The van der Waals surface area contributed by atoms with Crippen molar-refractivity contribution in [2.24, 2.45) is 0 Å². The van der Waals surface area contributed by atoms with Gasteiger partial charge in [-0.25, -0.2) is 0 Å². The fourth-order valence-electron chi connectivity index (χ4n) is 0.622. The predicted octanol–water partition coefficient (Wildman–Crippen LogP) is 3.88. The van der Waals surface area contributed by atoms with Gasteiger partial charge in [0.05, 0.1) is 0 Å². The van der Waals surface area contributed by atoms with Gasteiger partial charge in [-0.1, -0.05) is 12.2 Å². The van der Waals surface area contributed by atoms with Crippen molar-refractivity contribution in [3.8, 4) is 0 Å². The Kier molecular flexibility index (Phi) is 7.74. The molecule has 0 saturated carbocycles. The molecule has 12 heavy (non-hydrogen) atoms. The average molecular weight is 236 g/mol. The lowest BCUT2D eigenvalue weighted by Gasteiger charge is -1.97. The highest BCUT2D eigenvalue weighted by Gasteiger charge is 1.87. The molecule has 4 heteroatoms. The molecule has 0 bridgehead atoms. The molecule has 0 atom stereocenters. The van der Waals surface area contributed by atoms with Gasteiger partial charge in [-0.3, -0.25) is 0 Å². The van der Waals surface area contributed by atoms with Gasteiger partial charge in [0, 0.05) is 21.7 Å². The van der Waals surface area contributed by atoms with E-state index in [0.717, 1.165) is 0 Å². The highest BCUT2D eigenvalue weighted by Crippen LogP contribution is 2.18. The largest absolute Gasteiger partial charge is 0.147 e. The van der Waals surface area contributed by atoms with Crippen molar-refractivity contribution in [2.45, 2.75) is 0 Å². The molecule has 0 aliphatic carbocycles. The molecule has 0 N–H and O–H groups in total. The zero-order valence-electron chi connectivity index (χ0n) is 6.77. The maximum atomic E-state index is 2.19. The second-order valence-electron chi connectivity index (χ2n) is 2.05. The summed E-state index contributed by atoms with van der Waals surface area (Å²) in [6, 6.07) is 0. The number of hydrogen-bond donors (Lipinski definition) is 0. The van der Waals surface area contributed by atoms with Gasteiger partial charge in [0.2, 0.25) is 0 Å². The Labute approximate surface area is 91.4 Å². The summed E-state index contributed by atoms with van der Waals surface area (Å²) < 4.78 is 0. The summed E-state index contributed by atoms with van der Waals surface area (Å²) in [4.78, 5) is 0. The van der Waals surface area contributed by atoms with Crippen LogP contribution in [0.3, 0.4) is 0 Å². The molecule has 0 aromatic carbocycles. The van der Waals surface area contributed by atoms with Crippen molar-refractivity contribution >= 4 is 47.0 Å². The molecule has 2 aliphatic heterocycles. The lowest BCUT2D eigenvalue weighted by molar-refractivity contribution is 1.78. The Morgan fingerprint density at radius 1 is 0.750 bits per heavy atom.